The van der Waals surface area contributed by atoms with Crippen LogP contribution in [-0.4, -0.2) is 20.5 Å². The first-order valence-corrected chi connectivity index (χ1v) is 8.04. The molecule has 0 heterocycles. The van der Waals surface area contributed by atoms with Crippen molar-refractivity contribution in [2.24, 2.45) is 5.73 Å². The molecular weight excluding hydrogens is 260 g/mol. The third-order valence-corrected chi connectivity index (χ3v) is 5.28. The molecule has 0 fully saturated rings. The van der Waals surface area contributed by atoms with Gasteiger partial charge in [-0.1, -0.05) is 13.0 Å². The molecule has 4 nitrogen and oxygen atoms in total. The quantitative estimate of drug-likeness (QED) is 0.840. The molecule has 0 bridgehead atoms. The molecule has 0 saturated carbocycles. The van der Waals surface area contributed by atoms with Gasteiger partial charge in [-0.15, -0.1) is 0 Å². The van der Waals surface area contributed by atoms with Crippen LogP contribution in [0.3, 0.4) is 0 Å². The van der Waals surface area contributed by atoms with E-state index in [0.29, 0.717) is 24.3 Å². The monoisotopic (exact) mass is 284 g/mol. The van der Waals surface area contributed by atoms with Crippen LogP contribution < -0.4 is 10.5 Å². The van der Waals surface area contributed by atoms with Crippen LogP contribution in [0.2, 0.25) is 0 Å². The number of hydrogen-bond acceptors (Lipinski definition) is 3. The summed E-state index contributed by atoms with van der Waals surface area (Å²) in [6.07, 6.45) is 1.32. The molecule has 1 aromatic carbocycles. The molecule has 1 unspecified atom stereocenters. The smallest absolute Gasteiger partial charge is 0.241 e. The molecule has 0 amide bonds. The summed E-state index contributed by atoms with van der Waals surface area (Å²) in [4.78, 5) is 0.312. The van der Waals surface area contributed by atoms with Gasteiger partial charge in [-0.2, -0.15) is 0 Å². The lowest BCUT2D eigenvalue weighted by atomic mass is 9.96. The Bertz CT molecular complexity index is 540. The first kappa shape index (κ1) is 16.1. The number of nitrogens with one attached hydrogen (secondary N) is 1. The molecule has 0 aliphatic rings. The fourth-order valence-corrected chi connectivity index (χ4v) is 3.48. The van der Waals surface area contributed by atoms with Gasteiger partial charge in [0.2, 0.25) is 10.0 Å². The van der Waals surface area contributed by atoms with Crippen LogP contribution in [-0.2, 0) is 10.0 Å². The predicted octanol–water partition coefficient (Wildman–Crippen LogP) is 2.10. The molecule has 0 saturated heterocycles. The Kier molecular flexibility index (Phi) is 5.12. The molecule has 0 radical (unpaired) electrons. The lowest BCUT2D eigenvalue weighted by Crippen LogP contribution is -2.46. The van der Waals surface area contributed by atoms with Gasteiger partial charge >= 0.3 is 0 Å². The molecule has 0 aliphatic carbocycles. The Morgan fingerprint density at radius 1 is 1.26 bits per heavy atom. The summed E-state index contributed by atoms with van der Waals surface area (Å²) in [5.74, 6) is 0. The van der Waals surface area contributed by atoms with E-state index in [4.69, 9.17) is 5.73 Å². The Morgan fingerprint density at radius 2 is 1.89 bits per heavy atom. The van der Waals surface area contributed by atoms with Gasteiger partial charge in [0.25, 0.3) is 0 Å². The molecule has 1 aromatic rings. The molecule has 0 aliphatic heterocycles. The summed E-state index contributed by atoms with van der Waals surface area (Å²) >= 11 is 0. The summed E-state index contributed by atoms with van der Waals surface area (Å²) in [5, 5.41) is 0. The minimum absolute atomic E-state index is 0.312. The SMILES string of the molecule is CCC(C)(CCN)NS(=O)(=O)c1ccc(C)c(C)c1. The van der Waals surface area contributed by atoms with Crippen LogP contribution in [0, 0.1) is 13.8 Å². The fraction of sp³-hybridized carbons (Fsp3) is 0.571. The molecule has 3 N–H and O–H groups in total. The Labute approximate surface area is 116 Å². The van der Waals surface area contributed by atoms with E-state index < -0.39 is 15.6 Å². The van der Waals surface area contributed by atoms with Crippen LogP contribution in [0.5, 0.6) is 0 Å². The zero-order valence-electron chi connectivity index (χ0n) is 12.2. The van der Waals surface area contributed by atoms with Crippen molar-refractivity contribution in [1.82, 2.24) is 4.72 Å². The molecule has 19 heavy (non-hydrogen) atoms. The summed E-state index contributed by atoms with van der Waals surface area (Å²) < 4.78 is 27.6. The van der Waals surface area contributed by atoms with Crippen LogP contribution in [0.15, 0.2) is 23.1 Å². The van der Waals surface area contributed by atoms with E-state index in [1.165, 1.54) is 0 Å². The van der Waals surface area contributed by atoms with E-state index in [9.17, 15) is 8.42 Å². The van der Waals surface area contributed by atoms with Crippen molar-refractivity contribution in [2.75, 3.05) is 6.54 Å². The zero-order valence-corrected chi connectivity index (χ0v) is 13.0. The van der Waals surface area contributed by atoms with Crippen LogP contribution in [0.1, 0.15) is 37.8 Å². The minimum Gasteiger partial charge on any atom is -0.330 e. The van der Waals surface area contributed by atoms with Gasteiger partial charge in [0, 0.05) is 5.54 Å². The zero-order chi connectivity index (χ0) is 14.7. The highest BCUT2D eigenvalue weighted by Gasteiger charge is 2.28. The second-order valence-corrected chi connectivity index (χ2v) is 6.99. The van der Waals surface area contributed by atoms with Crippen molar-refractivity contribution >= 4 is 10.0 Å². The lowest BCUT2D eigenvalue weighted by Gasteiger charge is -2.28. The van der Waals surface area contributed by atoms with Crippen LogP contribution in [0.25, 0.3) is 0 Å². The van der Waals surface area contributed by atoms with Gasteiger partial charge < -0.3 is 5.73 Å². The molecular formula is C14H24N2O2S. The third-order valence-electron chi connectivity index (χ3n) is 3.65. The Balaban J connectivity index is 3.07. The highest BCUT2D eigenvalue weighted by atomic mass is 32.2. The highest BCUT2D eigenvalue weighted by Crippen LogP contribution is 2.20. The summed E-state index contributed by atoms with van der Waals surface area (Å²) in [6, 6.07) is 5.18. The number of hydrogen-bond donors (Lipinski definition) is 2. The molecule has 0 aromatic heterocycles. The minimum atomic E-state index is -3.50. The molecule has 5 heteroatoms. The van der Waals surface area contributed by atoms with Crippen molar-refractivity contribution in [1.29, 1.82) is 0 Å². The van der Waals surface area contributed by atoms with Gasteiger partial charge in [0.1, 0.15) is 0 Å². The summed E-state index contributed by atoms with van der Waals surface area (Å²) in [6.45, 7) is 8.17. The first-order valence-electron chi connectivity index (χ1n) is 6.55. The largest absolute Gasteiger partial charge is 0.330 e. The van der Waals surface area contributed by atoms with E-state index in [1.54, 1.807) is 12.1 Å². The average Bonchev–Trinajstić information content (AvgIpc) is 2.32. The Morgan fingerprint density at radius 3 is 2.37 bits per heavy atom. The maximum absolute atomic E-state index is 12.4. The molecule has 1 atom stereocenters. The van der Waals surface area contributed by atoms with Crippen molar-refractivity contribution < 1.29 is 8.42 Å². The molecule has 0 spiro atoms. The van der Waals surface area contributed by atoms with E-state index in [0.717, 1.165) is 11.1 Å². The summed E-state index contributed by atoms with van der Waals surface area (Å²) in [7, 11) is -3.50. The second-order valence-electron chi connectivity index (χ2n) is 5.30. The number of sulfonamides is 1. The van der Waals surface area contributed by atoms with E-state index in [-0.39, 0.29) is 0 Å². The second kappa shape index (κ2) is 6.03. The van der Waals surface area contributed by atoms with Crippen molar-refractivity contribution in [3.05, 3.63) is 29.3 Å². The van der Waals surface area contributed by atoms with E-state index >= 15 is 0 Å². The number of aryl methyl sites for hydroxylation is 2. The van der Waals surface area contributed by atoms with Crippen molar-refractivity contribution in [3.63, 3.8) is 0 Å². The van der Waals surface area contributed by atoms with E-state index in [2.05, 4.69) is 4.72 Å². The first-order chi connectivity index (χ1) is 8.74. The van der Waals surface area contributed by atoms with Gasteiger partial charge in [0.15, 0.2) is 0 Å². The average molecular weight is 284 g/mol. The highest BCUT2D eigenvalue weighted by molar-refractivity contribution is 7.89. The van der Waals surface area contributed by atoms with Crippen LogP contribution in [0.4, 0.5) is 0 Å². The standard InChI is InChI=1S/C14H24N2O2S/c1-5-14(4,8-9-15)16-19(17,18)13-7-6-11(2)12(3)10-13/h6-7,10,16H,5,8-9,15H2,1-4H3. The van der Waals surface area contributed by atoms with E-state index in [1.807, 2.05) is 33.8 Å². The number of nitrogens with two attached hydrogens (primary N) is 1. The van der Waals surface area contributed by atoms with Crippen molar-refractivity contribution in [2.45, 2.75) is 51.0 Å². The van der Waals surface area contributed by atoms with Crippen LogP contribution >= 0.6 is 0 Å². The number of rotatable bonds is 6. The topological polar surface area (TPSA) is 72.2 Å². The van der Waals surface area contributed by atoms with Gasteiger partial charge in [0.05, 0.1) is 4.90 Å². The fourth-order valence-electron chi connectivity index (χ4n) is 1.88. The predicted molar refractivity (Wildman–Crippen MR) is 78.6 cm³/mol. The van der Waals surface area contributed by atoms with Gasteiger partial charge in [-0.3, -0.25) is 0 Å². The molecule has 108 valence electrons. The Hall–Kier alpha value is -0.910. The van der Waals surface area contributed by atoms with Crippen molar-refractivity contribution in [3.8, 4) is 0 Å². The normalized spacial score (nSPS) is 15.2. The maximum atomic E-state index is 12.4. The number of benzene rings is 1. The summed E-state index contributed by atoms with van der Waals surface area (Å²) in [5.41, 5.74) is 7.12. The maximum Gasteiger partial charge on any atom is 0.241 e. The van der Waals surface area contributed by atoms with Gasteiger partial charge in [-0.05, 0) is 63.4 Å². The van der Waals surface area contributed by atoms with Gasteiger partial charge in [-0.25, -0.2) is 13.1 Å². The molecule has 1 rings (SSSR count). The lowest BCUT2D eigenvalue weighted by molar-refractivity contribution is 0.379. The third kappa shape index (κ3) is 4.03.